The van der Waals surface area contributed by atoms with Crippen molar-refractivity contribution in [2.45, 2.75) is 6.42 Å². The fourth-order valence-corrected chi connectivity index (χ4v) is 3.21. The lowest BCUT2D eigenvalue weighted by Crippen LogP contribution is -1.87. The first kappa shape index (κ1) is 13.8. The van der Waals surface area contributed by atoms with E-state index in [0.29, 0.717) is 0 Å². The van der Waals surface area contributed by atoms with Gasteiger partial charge in [-0.05, 0) is 23.3 Å². The van der Waals surface area contributed by atoms with Gasteiger partial charge in [0, 0.05) is 29.6 Å². The van der Waals surface area contributed by atoms with Crippen LogP contribution in [-0.4, -0.2) is 24.2 Å². The molecule has 0 bridgehead atoms. The highest BCUT2D eigenvalue weighted by atomic mass is 16.5. The van der Waals surface area contributed by atoms with Gasteiger partial charge in [0.25, 0.3) is 0 Å². The van der Waals surface area contributed by atoms with E-state index >= 15 is 0 Å². The predicted molar refractivity (Wildman–Crippen MR) is 92.5 cm³/mol. The summed E-state index contributed by atoms with van der Waals surface area (Å²) in [5.41, 5.74) is 4.59. The number of para-hydroxylation sites is 2. The molecule has 4 nitrogen and oxygen atoms in total. The fourth-order valence-electron chi connectivity index (χ4n) is 3.21. The minimum Gasteiger partial charge on any atom is -0.495 e. The molecule has 0 atom stereocenters. The molecule has 4 heteroatoms. The number of H-pyrrole nitrogens is 2. The number of ether oxygens (including phenoxy) is 2. The molecular formula is C19H18N2O2. The van der Waals surface area contributed by atoms with E-state index in [2.05, 4.69) is 34.5 Å². The summed E-state index contributed by atoms with van der Waals surface area (Å²) in [5, 5.41) is 2.39. The summed E-state index contributed by atoms with van der Waals surface area (Å²) in [4.78, 5) is 6.66. The summed E-state index contributed by atoms with van der Waals surface area (Å²) in [6.07, 6.45) is 4.97. The van der Waals surface area contributed by atoms with Crippen LogP contribution in [0.4, 0.5) is 0 Å². The molecule has 0 spiro atoms. The molecule has 0 saturated heterocycles. The zero-order chi connectivity index (χ0) is 15.8. The highest BCUT2D eigenvalue weighted by molar-refractivity contribution is 5.91. The van der Waals surface area contributed by atoms with Gasteiger partial charge in [0.2, 0.25) is 0 Å². The molecule has 0 fully saturated rings. The number of rotatable bonds is 4. The molecule has 0 aliphatic carbocycles. The van der Waals surface area contributed by atoms with Gasteiger partial charge in [-0.2, -0.15) is 0 Å². The van der Waals surface area contributed by atoms with Gasteiger partial charge in [-0.3, -0.25) is 0 Å². The average Bonchev–Trinajstić information content (AvgIpc) is 3.19. The number of aromatic nitrogens is 2. The minimum atomic E-state index is 0.848. The Bertz CT molecular complexity index is 902. The largest absolute Gasteiger partial charge is 0.495 e. The molecule has 2 aromatic heterocycles. The van der Waals surface area contributed by atoms with Crippen molar-refractivity contribution in [3.63, 3.8) is 0 Å². The van der Waals surface area contributed by atoms with E-state index in [4.69, 9.17) is 9.47 Å². The van der Waals surface area contributed by atoms with E-state index in [9.17, 15) is 0 Å². The smallest absolute Gasteiger partial charge is 0.142 e. The van der Waals surface area contributed by atoms with Crippen LogP contribution in [0.15, 0.2) is 48.8 Å². The van der Waals surface area contributed by atoms with Gasteiger partial charge in [-0.1, -0.05) is 24.3 Å². The second-order valence-corrected chi connectivity index (χ2v) is 5.57. The van der Waals surface area contributed by atoms with Gasteiger partial charge in [0.1, 0.15) is 11.5 Å². The molecule has 2 heterocycles. The van der Waals surface area contributed by atoms with Gasteiger partial charge in [0.15, 0.2) is 0 Å². The summed E-state index contributed by atoms with van der Waals surface area (Å²) in [6.45, 7) is 0. The molecule has 0 unspecified atom stereocenters. The number of aromatic amines is 2. The van der Waals surface area contributed by atoms with Crippen LogP contribution >= 0.6 is 0 Å². The minimum absolute atomic E-state index is 0.848. The molecule has 0 radical (unpaired) electrons. The molecule has 0 aliphatic heterocycles. The first-order chi connectivity index (χ1) is 11.3. The third-order valence-electron chi connectivity index (χ3n) is 4.35. The van der Waals surface area contributed by atoms with Crippen LogP contribution in [0, 0.1) is 0 Å². The highest BCUT2D eigenvalue weighted by Crippen LogP contribution is 2.32. The van der Waals surface area contributed by atoms with Gasteiger partial charge in [0.05, 0.1) is 25.3 Å². The Balaban J connectivity index is 1.80. The normalized spacial score (nSPS) is 11.2. The average molecular weight is 306 g/mol. The van der Waals surface area contributed by atoms with Crippen LogP contribution < -0.4 is 9.47 Å². The Kier molecular flexibility index (Phi) is 3.23. The summed E-state index contributed by atoms with van der Waals surface area (Å²) in [5.74, 6) is 1.74. The van der Waals surface area contributed by atoms with E-state index in [-0.39, 0.29) is 0 Å². The number of benzene rings is 2. The number of hydrogen-bond donors (Lipinski definition) is 2. The molecule has 4 rings (SSSR count). The summed E-state index contributed by atoms with van der Waals surface area (Å²) in [7, 11) is 3.39. The van der Waals surface area contributed by atoms with Crippen molar-refractivity contribution < 1.29 is 9.47 Å². The van der Waals surface area contributed by atoms with Gasteiger partial charge < -0.3 is 19.4 Å². The Morgan fingerprint density at radius 2 is 1.22 bits per heavy atom. The van der Waals surface area contributed by atoms with Crippen LogP contribution in [0.1, 0.15) is 11.1 Å². The molecule has 0 amide bonds. The van der Waals surface area contributed by atoms with Gasteiger partial charge in [-0.25, -0.2) is 0 Å². The van der Waals surface area contributed by atoms with Crippen molar-refractivity contribution in [1.82, 2.24) is 9.97 Å². The zero-order valence-electron chi connectivity index (χ0n) is 13.1. The molecule has 2 aromatic carbocycles. The maximum Gasteiger partial charge on any atom is 0.142 e. The Labute approximate surface area is 134 Å². The Morgan fingerprint density at radius 3 is 1.65 bits per heavy atom. The lowest BCUT2D eigenvalue weighted by molar-refractivity contribution is 0.419. The van der Waals surface area contributed by atoms with Crippen molar-refractivity contribution in [3.05, 3.63) is 59.9 Å². The van der Waals surface area contributed by atoms with Crippen molar-refractivity contribution in [1.29, 1.82) is 0 Å². The van der Waals surface area contributed by atoms with Crippen LogP contribution in [0.25, 0.3) is 21.8 Å². The number of methoxy groups -OCH3 is 2. The maximum atomic E-state index is 5.42. The number of hydrogen-bond acceptors (Lipinski definition) is 2. The summed E-state index contributed by atoms with van der Waals surface area (Å²) < 4.78 is 10.8. The number of nitrogens with one attached hydrogen (secondary N) is 2. The first-order valence-corrected chi connectivity index (χ1v) is 7.57. The molecule has 2 N–H and O–H groups in total. The Morgan fingerprint density at radius 1 is 0.739 bits per heavy atom. The SMILES string of the molecule is COc1cccc2c(Cc3c[nH]c4c(OC)cccc34)c[nH]c12. The number of fused-ring (bicyclic) bond motifs is 2. The summed E-state index contributed by atoms with van der Waals surface area (Å²) in [6, 6.07) is 12.2. The third kappa shape index (κ3) is 2.14. The van der Waals surface area contributed by atoms with Crippen LogP contribution in [0.3, 0.4) is 0 Å². The van der Waals surface area contributed by atoms with E-state index in [1.165, 1.54) is 21.9 Å². The molecule has 0 saturated carbocycles. The van der Waals surface area contributed by atoms with Crippen molar-refractivity contribution in [3.8, 4) is 11.5 Å². The fraction of sp³-hybridized carbons (Fsp3) is 0.158. The molecule has 116 valence electrons. The van der Waals surface area contributed by atoms with Crippen LogP contribution in [0.2, 0.25) is 0 Å². The van der Waals surface area contributed by atoms with E-state index in [1.807, 2.05) is 24.3 Å². The van der Waals surface area contributed by atoms with E-state index in [1.54, 1.807) is 14.2 Å². The van der Waals surface area contributed by atoms with Crippen LogP contribution in [-0.2, 0) is 6.42 Å². The zero-order valence-corrected chi connectivity index (χ0v) is 13.1. The maximum absolute atomic E-state index is 5.42. The van der Waals surface area contributed by atoms with Gasteiger partial charge in [-0.15, -0.1) is 0 Å². The predicted octanol–water partition coefficient (Wildman–Crippen LogP) is 4.26. The second-order valence-electron chi connectivity index (χ2n) is 5.57. The molecule has 0 aliphatic rings. The quantitative estimate of drug-likeness (QED) is 0.592. The standard InChI is InChI=1S/C19H18N2O2/c1-22-16-7-3-5-14-12(10-20-18(14)16)9-13-11-21-19-15(13)6-4-8-17(19)23-2/h3-8,10-11,20-21H,9H2,1-2H3. The molecule has 23 heavy (non-hydrogen) atoms. The molecule has 4 aromatic rings. The summed E-state index contributed by atoms with van der Waals surface area (Å²) >= 11 is 0. The molecular weight excluding hydrogens is 288 g/mol. The van der Waals surface area contributed by atoms with Crippen molar-refractivity contribution in [2.75, 3.05) is 14.2 Å². The lowest BCUT2D eigenvalue weighted by Gasteiger charge is -2.03. The Hall–Kier alpha value is -2.88. The first-order valence-electron chi connectivity index (χ1n) is 7.57. The highest BCUT2D eigenvalue weighted by Gasteiger charge is 2.12. The van der Waals surface area contributed by atoms with E-state index in [0.717, 1.165) is 29.0 Å². The van der Waals surface area contributed by atoms with Crippen LogP contribution in [0.5, 0.6) is 11.5 Å². The topological polar surface area (TPSA) is 50.0 Å². The van der Waals surface area contributed by atoms with Gasteiger partial charge >= 0.3 is 0 Å². The third-order valence-corrected chi connectivity index (χ3v) is 4.35. The van der Waals surface area contributed by atoms with Crippen molar-refractivity contribution in [2.24, 2.45) is 0 Å². The van der Waals surface area contributed by atoms with E-state index < -0.39 is 0 Å². The lowest BCUT2D eigenvalue weighted by atomic mass is 10.0. The monoisotopic (exact) mass is 306 g/mol. The van der Waals surface area contributed by atoms with Crippen molar-refractivity contribution >= 4 is 21.8 Å². The second kappa shape index (κ2) is 5.39.